The minimum absolute atomic E-state index is 0.157. The van der Waals surface area contributed by atoms with E-state index >= 15 is 0 Å². The Balaban J connectivity index is 1.55. The lowest BCUT2D eigenvalue weighted by molar-refractivity contribution is -0.122. The average Bonchev–Trinajstić information content (AvgIpc) is 3.15. The van der Waals surface area contributed by atoms with E-state index in [1.807, 2.05) is 6.07 Å². The lowest BCUT2D eigenvalue weighted by Crippen LogP contribution is -2.32. The molecule has 1 saturated heterocycles. The molecule has 1 saturated carbocycles. The number of amides is 2. The van der Waals surface area contributed by atoms with Crippen LogP contribution in [-0.4, -0.2) is 26.6 Å². The number of hydrogen-bond acceptors (Lipinski definition) is 4. The van der Waals surface area contributed by atoms with Gasteiger partial charge in [-0.2, -0.15) is 4.98 Å². The molecular weight excluding hydrogens is 363 g/mol. The molecule has 2 atom stereocenters. The fourth-order valence-electron chi connectivity index (χ4n) is 3.65. The molecule has 0 bridgehead atoms. The van der Waals surface area contributed by atoms with Crippen molar-refractivity contribution in [2.24, 2.45) is 11.8 Å². The molecule has 1 aliphatic heterocycles. The predicted octanol–water partition coefficient (Wildman–Crippen LogP) is 3.31. The highest BCUT2D eigenvalue weighted by molar-refractivity contribution is 6.42. The third-order valence-electron chi connectivity index (χ3n) is 4.89. The molecule has 2 aromatic rings. The van der Waals surface area contributed by atoms with E-state index in [0.717, 1.165) is 36.1 Å². The van der Waals surface area contributed by atoms with Gasteiger partial charge in [0.25, 0.3) is 5.95 Å². The van der Waals surface area contributed by atoms with Gasteiger partial charge in [0.15, 0.2) is 0 Å². The van der Waals surface area contributed by atoms with Gasteiger partial charge in [-0.15, -0.1) is 5.10 Å². The summed E-state index contributed by atoms with van der Waals surface area (Å²) in [7, 11) is 0. The number of carbonyl (C=O) groups is 2. The van der Waals surface area contributed by atoms with Gasteiger partial charge in [0.1, 0.15) is 6.33 Å². The molecule has 2 fully saturated rings. The maximum Gasteiger partial charge on any atom is 0.258 e. The van der Waals surface area contributed by atoms with Crippen molar-refractivity contribution in [2.45, 2.75) is 32.2 Å². The normalized spacial score (nSPS) is 23.2. The van der Waals surface area contributed by atoms with E-state index < -0.39 is 0 Å². The quantitative estimate of drug-likeness (QED) is 0.768. The summed E-state index contributed by atoms with van der Waals surface area (Å²) in [5.74, 6) is -0.583. The maximum absolute atomic E-state index is 12.6. The maximum atomic E-state index is 12.6. The minimum Gasteiger partial charge on any atom is -0.274 e. The highest BCUT2D eigenvalue weighted by atomic mass is 35.5. The molecule has 1 aromatic heterocycles. The Morgan fingerprint density at radius 2 is 1.72 bits per heavy atom. The zero-order valence-corrected chi connectivity index (χ0v) is 14.9. The van der Waals surface area contributed by atoms with E-state index in [1.54, 1.807) is 16.8 Å². The molecule has 2 heterocycles. The number of hydrogen-bond donors (Lipinski definition) is 0. The third kappa shape index (κ3) is 2.93. The smallest absolute Gasteiger partial charge is 0.258 e. The second-order valence-electron chi connectivity index (χ2n) is 6.50. The summed E-state index contributed by atoms with van der Waals surface area (Å²) < 4.78 is 1.58. The zero-order valence-electron chi connectivity index (χ0n) is 13.4. The van der Waals surface area contributed by atoms with Gasteiger partial charge in [-0.3, -0.25) is 9.59 Å². The van der Waals surface area contributed by atoms with Crippen LogP contribution in [0.4, 0.5) is 5.95 Å². The summed E-state index contributed by atoms with van der Waals surface area (Å²) in [6.07, 6.45) is 5.05. The number of carbonyl (C=O) groups excluding carboxylic acids is 2. The van der Waals surface area contributed by atoms with Crippen LogP contribution in [0.5, 0.6) is 0 Å². The molecule has 8 heteroatoms. The lowest BCUT2D eigenvalue weighted by atomic mass is 9.81. The van der Waals surface area contributed by atoms with Gasteiger partial charge in [0, 0.05) is 0 Å². The predicted molar refractivity (Wildman–Crippen MR) is 93.5 cm³/mol. The van der Waals surface area contributed by atoms with Crippen LogP contribution in [0, 0.1) is 11.8 Å². The first-order valence-corrected chi connectivity index (χ1v) is 9.01. The fraction of sp³-hybridized carbons (Fsp3) is 0.412. The minimum atomic E-state index is -0.205. The van der Waals surface area contributed by atoms with Crippen molar-refractivity contribution >= 4 is 41.0 Å². The number of aromatic nitrogens is 3. The second-order valence-corrected chi connectivity index (χ2v) is 7.31. The van der Waals surface area contributed by atoms with Crippen LogP contribution in [0.2, 0.25) is 10.0 Å². The molecule has 0 radical (unpaired) electrons. The average molecular weight is 379 g/mol. The van der Waals surface area contributed by atoms with Crippen molar-refractivity contribution in [3.63, 3.8) is 0 Å². The van der Waals surface area contributed by atoms with Gasteiger partial charge < -0.3 is 0 Å². The molecule has 130 valence electrons. The number of imide groups is 1. The number of benzene rings is 1. The largest absolute Gasteiger partial charge is 0.274 e. The summed E-state index contributed by atoms with van der Waals surface area (Å²) >= 11 is 11.9. The second kappa shape index (κ2) is 6.42. The molecule has 2 amide bonds. The number of halogens is 2. The first kappa shape index (κ1) is 16.5. The standard InChI is InChI=1S/C17H16Cl2N4O2/c18-13-6-5-10(7-14(13)19)8-22-9-20-17(21-22)23-15(24)11-3-1-2-4-12(11)16(23)25/h5-7,9,11-12H,1-4,8H2. The molecule has 25 heavy (non-hydrogen) atoms. The van der Waals surface area contributed by atoms with Gasteiger partial charge in [-0.25, -0.2) is 9.58 Å². The highest BCUT2D eigenvalue weighted by Gasteiger charge is 2.50. The Hall–Kier alpha value is -1.92. The topological polar surface area (TPSA) is 68.1 Å². The number of fused-ring (bicyclic) bond motifs is 1. The molecule has 4 rings (SSSR count). The van der Waals surface area contributed by atoms with Crippen LogP contribution in [-0.2, 0) is 16.1 Å². The Bertz CT molecular complexity index is 827. The molecule has 1 aromatic carbocycles. The molecule has 2 aliphatic rings. The summed E-state index contributed by atoms with van der Waals surface area (Å²) in [5, 5.41) is 5.26. The zero-order chi connectivity index (χ0) is 17.6. The van der Waals surface area contributed by atoms with E-state index in [-0.39, 0.29) is 29.6 Å². The number of nitrogens with zero attached hydrogens (tertiary/aromatic N) is 4. The van der Waals surface area contributed by atoms with Gasteiger partial charge >= 0.3 is 0 Å². The van der Waals surface area contributed by atoms with E-state index in [2.05, 4.69) is 10.1 Å². The Morgan fingerprint density at radius 3 is 2.36 bits per heavy atom. The van der Waals surface area contributed by atoms with Crippen molar-refractivity contribution in [3.8, 4) is 0 Å². The number of rotatable bonds is 3. The SMILES string of the molecule is O=C1C2CCCCC2C(=O)N1c1ncn(Cc2ccc(Cl)c(Cl)c2)n1. The first-order chi connectivity index (χ1) is 12.0. The van der Waals surface area contributed by atoms with Crippen LogP contribution in [0.25, 0.3) is 0 Å². The van der Waals surface area contributed by atoms with Crippen LogP contribution in [0.3, 0.4) is 0 Å². The first-order valence-electron chi connectivity index (χ1n) is 8.26. The van der Waals surface area contributed by atoms with Gasteiger partial charge in [-0.05, 0) is 30.5 Å². The van der Waals surface area contributed by atoms with Crippen LogP contribution < -0.4 is 4.90 Å². The summed E-state index contributed by atoms with van der Waals surface area (Å²) in [6, 6.07) is 5.32. The Morgan fingerprint density at radius 1 is 1.04 bits per heavy atom. The van der Waals surface area contributed by atoms with E-state index in [9.17, 15) is 9.59 Å². The van der Waals surface area contributed by atoms with Gasteiger partial charge in [0.05, 0.1) is 28.4 Å². The van der Waals surface area contributed by atoms with E-state index in [1.165, 1.54) is 6.33 Å². The van der Waals surface area contributed by atoms with Crippen molar-refractivity contribution < 1.29 is 9.59 Å². The van der Waals surface area contributed by atoms with Gasteiger partial charge in [0.2, 0.25) is 11.8 Å². The molecule has 0 spiro atoms. The monoisotopic (exact) mass is 378 g/mol. The Labute approximate surface area is 154 Å². The highest BCUT2D eigenvalue weighted by Crippen LogP contribution is 2.39. The van der Waals surface area contributed by atoms with E-state index in [4.69, 9.17) is 23.2 Å². The molecule has 1 aliphatic carbocycles. The molecule has 6 nitrogen and oxygen atoms in total. The Kier molecular flexibility index (Phi) is 4.25. The summed E-state index contributed by atoms with van der Waals surface area (Å²) in [6.45, 7) is 0.424. The van der Waals surface area contributed by atoms with Crippen LogP contribution in [0.1, 0.15) is 31.2 Å². The molecule has 0 N–H and O–H groups in total. The van der Waals surface area contributed by atoms with Gasteiger partial charge in [-0.1, -0.05) is 42.1 Å². The lowest BCUT2D eigenvalue weighted by Gasteiger charge is -2.19. The molecular formula is C17H16Cl2N4O2. The number of anilines is 1. The summed E-state index contributed by atoms with van der Waals surface area (Å²) in [4.78, 5) is 30.5. The van der Waals surface area contributed by atoms with Crippen LogP contribution in [0.15, 0.2) is 24.5 Å². The fourth-order valence-corrected chi connectivity index (χ4v) is 3.97. The van der Waals surface area contributed by atoms with Crippen molar-refractivity contribution in [2.75, 3.05) is 4.90 Å². The van der Waals surface area contributed by atoms with E-state index in [0.29, 0.717) is 16.6 Å². The molecule has 2 unspecified atom stereocenters. The van der Waals surface area contributed by atoms with Crippen LogP contribution >= 0.6 is 23.2 Å². The van der Waals surface area contributed by atoms with Crippen molar-refractivity contribution in [1.29, 1.82) is 0 Å². The van der Waals surface area contributed by atoms with Crippen molar-refractivity contribution in [3.05, 3.63) is 40.1 Å². The third-order valence-corrected chi connectivity index (χ3v) is 5.63. The van der Waals surface area contributed by atoms with Crippen molar-refractivity contribution in [1.82, 2.24) is 14.8 Å². The summed E-state index contributed by atoms with van der Waals surface area (Å²) in [5.41, 5.74) is 0.901.